The van der Waals surface area contributed by atoms with E-state index in [4.69, 9.17) is 32.1 Å². The van der Waals surface area contributed by atoms with E-state index in [2.05, 4.69) is 5.92 Å². The summed E-state index contributed by atoms with van der Waals surface area (Å²) in [5.41, 5.74) is 7.57. The molecule has 0 aromatic heterocycles. The fourth-order valence-electron chi connectivity index (χ4n) is 2.23. The number of esters is 1. The molecule has 0 radical (unpaired) electrons. The molecule has 0 saturated heterocycles. The van der Waals surface area contributed by atoms with E-state index in [-0.39, 0.29) is 55.6 Å². The van der Waals surface area contributed by atoms with Crippen LogP contribution in [0.2, 0.25) is 0 Å². The van der Waals surface area contributed by atoms with Crippen molar-refractivity contribution in [2.45, 2.75) is 38.2 Å². The van der Waals surface area contributed by atoms with Crippen LogP contribution in [0.1, 0.15) is 35.3 Å². The Morgan fingerprint density at radius 3 is 2.39 bits per heavy atom. The van der Waals surface area contributed by atoms with E-state index in [9.17, 15) is 18.0 Å². The Morgan fingerprint density at radius 1 is 1.18 bits per heavy atom. The van der Waals surface area contributed by atoms with E-state index in [0.717, 1.165) is 12.1 Å². The van der Waals surface area contributed by atoms with Crippen molar-refractivity contribution in [1.29, 1.82) is 0 Å². The largest absolute Gasteiger partial charge is 0.459 e. The third-order valence-electron chi connectivity index (χ3n) is 3.69. The molecular weight excluding hydrogens is 377 g/mol. The molecule has 9 heteroatoms. The molecule has 0 amide bonds. The van der Waals surface area contributed by atoms with Gasteiger partial charge in [0.05, 0.1) is 31.5 Å². The first kappa shape index (κ1) is 23.9. The minimum Gasteiger partial charge on any atom is -0.459 e. The highest BCUT2D eigenvalue weighted by molar-refractivity contribution is 5.91. The maximum atomic E-state index is 13.1. The predicted molar refractivity (Wildman–Crippen MR) is 97.3 cm³/mol. The normalized spacial score (nSPS) is 12.1. The van der Waals surface area contributed by atoms with Crippen molar-refractivity contribution in [3.05, 3.63) is 34.9 Å². The van der Waals surface area contributed by atoms with Crippen LogP contribution in [0.25, 0.3) is 0 Å². The van der Waals surface area contributed by atoms with Gasteiger partial charge in [-0.05, 0) is 37.5 Å². The average molecular weight is 402 g/mol. The Bertz CT molecular complexity index is 697. The van der Waals surface area contributed by atoms with Gasteiger partial charge < -0.3 is 25.7 Å². The number of benzene rings is 1. The predicted octanol–water partition coefficient (Wildman–Crippen LogP) is 2.09. The molecule has 0 fully saturated rings. The van der Waals surface area contributed by atoms with Crippen LogP contribution in [0.4, 0.5) is 13.2 Å². The van der Waals surface area contributed by atoms with Crippen molar-refractivity contribution in [2.75, 3.05) is 26.4 Å². The Kier molecular flexibility index (Phi) is 8.91. The van der Waals surface area contributed by atoms with Gasteiger partial charge >= 0.3 is 12.1 Å². The number of hydrogen-bond acceptors (Lipinski definition) is 6. The first-order valence-corrected chi connectivity index (χ1v) is 8.58. The molecule has 28 heavy (non-hydrogen) atoms. The van der Waals surface area contributed by atoms with Crippen LogP contribution in [0.15, 0.2) is 18.2 Å². The number of hydrogen-bond donors (Lipinski definition) is 2. The van der Waals surface area contributed by atoms with Crippen LogP contribution in [-0.4, -0.2) is 44.7 Å². The molecule has 6 nitrogen and oxygen atoms in total. The first-order valence-electron chi connectivity index (χ1n) is 8.58. The van der Waals surface area contributed by atoms with E-state index in [0.29, 0.717) is 0 Å². The summed E-state index contributed by atoms with van der Waals surface area (Å²) in [6, 6.07) is 3.46. The number of ether oxygens (including phenoxy) is 3. The van der Waals surface area contributed by atoms with Gasteiger partial charge in [0, 0.05) is 0 Å². The highest BCUT2D eigenvalue weighted by Gasteiger charge is 2.50. The molecular formula is C19H25F3N2O4. The first-order chi connectivity index (χ1) is 13.0. The van der Waals surface area contributed by atoms with Gasteiger partial charge in [-0.25, -0.2) is 4.79 Å². The monoisotopic (exact) mass is 402 g/mol. The standard InChI is InChI=1S/C19H25F3N2O4/c1-4-8-26-10-11-27-9-7-14-12-15(18(23,24)19(20,21)22)5-6-16(14)17(25)28-13(2)3/h1,5-6,12-13H,7-11,23-24H2,2-3H3. The lowest BCUT2D eigenvalue weighted by atomic mass is 9.94. The quantitative estimate of drug-likeness (QED) is 0.269. The third kappa shape index (κ3) is 6.80. The minimum absolute atomic E-state index is 0.127. The number of terminal acetylenes is 1. The second-order valence-corrected chi connectivity index (χ2v) is 6.31. The lowest BCUT2D eigenvalue weighted by molar-refractivity contribution is -0.188. The van der Waals surface area contributed by atoms with Gasteiger partial charge in [-0.2, -0.15) is 13.2 Å². The lowest BCUT2D eigenvalue weighted by Crippen LogP contribution is -2.57. The Balaban J connectivity index is 2.98. The Hall–Kier alpha value is -2.12. The second-order valence-electron chi connectivity index (χ2n) is 6.31. The molecule has 0 bridgehead atoms. The Morgan fingerprint density at radius 2 is 1.82 bits per heavy atom. The summed E-state index contributed by atoms with van der Waals surface area (Å²) in [6.07, 6.45) is -0.0555. The maximum Gasteiger partial charge on any atom is 0.423 e. The molecule has 0 atom stereocenters. The summed E-state index contributed by atoms with van der Waals surface area (Å²) in [6.45, 7) is 4.14. The van der Waals surface area contributed by atoms with Gasteiger partial charge in [0.15, 0.2) is 5.66 Å². The van der Waals surface area contributed by atoms with E-state index < -0.39 is 17.8 Å². The average Bonchev–Trinajstić information content (AvgIpc) is 2.59. The van der Waals surface area contributed by atoms with E-state index >= 15 is 0 Å². The van der Waals surface area contributed by atoms with Gasteiger partial charge in [-0.3, -0.25) is 0 Å². The summed E-state index contributed by atoms with van der Waals surface area (Å²) >= 11 is 0. The van der Waals surface area contributed by atoms with Crippen LogP contribution in [-0.2, 0) is 26.3 Å². The van der Waals surface area contributed by atoms with Crippen molar-refractivity contribution in [1.82, 2.24) is 0 Å². The lowest BCUT2D eigenvalue weighted by Gasteiger charge is -2.28. The highest BCUT2D eigenvalue weighted by Crippen LogP contribution is 2.33. The summed E-state index contributed by atoms with van der Waals surface area (Å²) in [7, 11) is 0. The van der Waals surface area contributed by atoms with Crippen LogP contribution in [0.3, 0.4) is 0 Å². The molecule has 0 spiro atoms. The molecule has 0 aliphatic rings. The minimum atomic E-state index is -4.87. The number of rotatable bonds is 10. The van der Waals surface area contributed by atoms with E-state index in [1.165, 1.54) is 6.07 Å². The maximum absolute atomic E-state index is 13.1. The van der Waals surface area contributed by atoms with Crippen LogP contribution in [0.5, 0.6) is 0 Å². The van der Waals surface area contributed by atoms with Crippen LogP contribution in [0, 0.1) is 12.3 Å². The molecule has 1 aromatic rings. The smallest absolute Gasteiger partial charge is 0.423 e. The van der Waals surface area contributed by atoms with Crippen molar-refractivity contribution in [2.24, 2.45) is 11.5 Å². The number of carbonyl (C=O) groups is 1. The molecule has 0 unspecified atom stereocenters. The molecule has 156 valence electrons. The third-order valence-corrected chi connectivity index (χ3v) is 3.69. The summed E-state index contributed by atoms with van der Waals surface area (Å²) in [5.74, 6) is 1.66. The van der Waals surface area contributed by atoms with Gasteiger partial charge in [0.2, 0.25) is 0 Å². The summed E-state index contributed by atoms with van der Waals surface area (Å²) in [5, 5.41) is 0. The molecule has 1 aromatic carbocycles. The van der Waals surface area contributed by atoms with E-state index in [1.807, 2.05) is 0 Å². The van der Waals surface area contributed by atoms with Crippen LogP contribution >= 0.6 is 0 Å². The van der Waals surface area contributed by atoms with Crippen molar-refractivity contribution in [3.63, 3.8) is 0 Å². The van der Waals surface area contributed by atoms with Gasteiger partial charge in [0.25, 0.3) is 0 Å². The molecule has 1 rings (SSSR count). The SMILES string of the molecule is C#CCOCCOCCc1cc(C(N)(N)C(F)(F)F)ccc1C(=O)OC(C)C. The molecule has 0 aliphatic carbocycles. The van der Waals surface area contributed by atoms with Gasteiger partial charge in [-0.1, -0.05) is 18.1 Å². The number of carbonyl (C=O) groups excluding carboxylic acids is 1. The Labute approximate surface area is 162 Å². The van der Waals surface area contributed by atoms with E-state index in [1.54, 1.807) is 13.8 Å². The number of nitrogens with two attached hydrogens (primary N) is 2. The van der Waals surface area contributed by atoms with Gasteiger partial charge in [-0.15, -0.1) is 6.42 Å². The molecule has 0 heterocycles. The van der Waals surface area contributed by atoms with Crippen molar-refractivity contribution < 1.29 is 32.2 Å². The fraction of sp³-hybridized carbons (Fsp3) is 0.526. The summed E-state index contributed by atoms with van der Waals surface area (Å²) < 4.78 is 55.0. The van der Waals surface area contributed by atoms with Gasteiger partial charge in [0.1, 0.15) is 6.61 Å². The second kappa shape index (κ2) is 10.4. The zero-order valence-electron chi connectivity index (χ0n) is 15.8. The summed E-state index contributed by atoms with van der Waals surface area (Å²) in [4.78, 5) is 12.3. The zero-order chi connectivity index (χ0) is 21.4. The number of alkyl halides is 3. The topological polar surface area (TPSA) is 96.8 Å². The number of halogens is 3. The molecule has 4 N–H and O–H groups in total. The fourth-order valence-corrected chi connectivity index (χ4v) is 2.23. The molecule has 0 saturated carbocycles. The van der Waals surface area contributed by atoms with Crippen molar-refractivity contribution >= 4 is 5.97 Å². The zero-order valence-corrected chi connectivity index (χ0v) is 15.8. The van der Waals surface area contributed by atoms with Crippen LogP contribution < -0.4 is 11.5 Å². The molecule has 0 aliphatic heterocycles. The van der Waals surface area contributed by atoms with Crippen molar-refractivity contribution in [3.8, 4) is 12.3 Å². The highest BCUT2D eigenvalue weighted by atomic mass is 19.4.